The zero-order chi connectivity index (χ0) is 19.9. The summed E-state index contributed by atoms with van der Waals surface area (Å²) >= 11 is 0. The summed E-state index contributed by atoms with van der Waals surface area (Å²) in [6.07, 6.45) is 6.31. The highest BCUT2D eigenvalue weighted by molar-refractivity contribution is 5.77. The minimum atomic E-state index is -0.533. The molecule has 1 amide bonds. The van der Waals surface area contributed by atoms with E-state index in [2.05, 4.69) is 23.6 Å². The van der Waals surface area contributed by atoms with E-state index in [1.54, 1.807) is 7.11 Å². The number of carbonyl (C=O) groups is 2. The molecule has 1 rings (SSSR count). The molecule has 2 N–H and O–H groups in total. The van der Waals surface area contributed by atoms with Gasteiger partial charge in [-0.15, -0.1) is 0 Å². The molecule has 0 aromatic rings. The smallest absolute Gasteiger partial charge is 0.323 e. The zero-order valence-corrected chi connectivity index (χ0v) is 17.3. The lowest BCUT2D eigenvalue weighted by molar-refractivity contribution is -0.149. The maximum absolute atomic E-state index is 12.4. The van der Waals surface area contributed by atoms with Crippen LogP contribution in [0.2, 0.25) is 0 Å². The van der Waals surface area contributed by atoms with Crippen molar-refractivity contribution < 1.29 is 19.1 Å². The van der Waals surface area contributed by atoms with Crippen molar-refractivity contribution in [2.24, 2.45) is 5.92 Å². The maximum Gasteiger partial charge on any atom is 0.323 e. The molecule has 150 valence electrons. The number of ether oxygens (including phenoxy) is 2. The Morgan fingerprint density at radius 2 is 2.04 bits per heavy atom. The largest absolute Gasteiger partial charge is 0.462 e. The Balaban J connectivity index is 3.15. The molecule has 0 bridgehead atoms. The lowest BCUT2D eigenvalue weighted by Gasteiger charge is -2.41. The first kappa shape index (κ1) is 22.6. The quantitative estimate of drug-likeness (QED) is 0.483. The molecule has 0 spiro atoms. The summed E-state index contributed by atoms with van der Waals surface area (Å²) in [5.41, 5.74) is -0.533. The van der Waals surface area contributed by atoms with Gasteiger partial charge in [0.1, 0.15) is 6.04 Å². The minimum absolute atomic E-state index is 0.105. The highest BCUT2D eigenvalue weighted by Crippen LogP contribution is 2.33. The molecule has 0 aromatic carbocycles. The van der Waals surface area contributed by atoms with Crippen molar-refractivity contribution in [1.29, 1.82) is 0 Å². The van der Waals surface area contributed by atoms with E-state index in [-0.39, 0.29) is 42.0 Å². The average Bonchev–Trinajstić information content (AvgIpc) is 2.96. The van der Waals surface area contributed by atoms with Gasteiger partial charge in [-0.1, -0.05) is 25.5 Å². The summed E-state index contributed by atoms with van der Waals surface area (Å²) in [5.74, 6) is -0.246. The van der Waals surface area contributed by atoms with Crippen LogP contribution in [0, 0.1) is 5.92 Å². The van der Waals surface area contributed by atoms with Gasteiger partial charge in [0.15, 0.2) is 0 Å². The van der Waals surface area contributed by atoms with Gasteiger partial charge < -0.3 is 14.8 Å². The number of hydrogen-bond acceptors (Lipinski definition) is 5. The van der Waals surface area contributed by atoms with Crippen LogP contribution < -0.4 is 10.6 Å². The average molecular weight is 369 g/mol. The summed E-state index contributed by atoms with van der Waals surface area (Å²) in [6.45, 7) is 11.3. The van der Waals surface area contributed by atoms with E-state index in [0.29, 0.717) is 6.42 Å². The van der Waals surface area contributed by atoms with E-state index in [0.717, 1.165) is 12.8 Å². The van der Waals surface area contributed by atoms with Gasteiger partial charge in [0.25, 0.3) is 0 Å². The highest BCUT2D eigenvalue weighted by atomic mass is 16.5. The third-order valence-corrected chi connectivity index (χ3v) is 5.03. The zero-order valence-electron chi connectivity index (χ0n) is 17.3. The van der Waals surface area contributed by atoms with Gasteiger partial charge in [-0.2, -0.15) is 0 Å². The van der Waals surface area contributed by atoms with Crippen molar-refractivity contribution in [2.75, 3.05) is 7.11 Å². The van der Waals surface area contributed by atoms with Crippen LogP contribution in [0.25, 0.3) is 0 Å². The second-order valence-electron chi connectivity index (χ2n) is 7.60. The predicted octanol–water partition coefficient (Wildman–Crippen LogP) is 2.57. The number of allylic oxidation sites excluding steroid dienone is 1. The maximum atomic E-state index is 12.4. The number of nitrogens with one attached hydrogen (secondary N) is 2. The summed E-state index contributed by atoms with van der Waals surface area (Å²) in [6, 6.07) is -0.762. The van der Waals surface area contributed by atoms with E-state index in [9.17, 15) is 9.59 Å². The Morgan fingerprint density at radius 1 is 1.38 bits per heavy atom. The topological polar surface area (TPSA) is 76.7 Å². The van der Waals surface area contributed by atoms with E-state index in [4.69, 9.17) is 9.47 Å². The van der Waals surface area contributed by atoms with Crippen molar-refractivity contribution in [1.82, 2.24) is 10.6 Å². The summed E-state index contributed by atoms with van der Waals surface area (Å²) < 4.78 is 11.2. The molecule has 1 fully saturated rings. The molecule has 26 heavy (non-hydrogen) atoms. The highest BCUT2D eigenvalue weighted by Gasteiger charge is 2.47. The molecule has 1 aliphatic heterocycles. The molecular weight excluding hydrogens is 332 g/mol. The normalized spacial score (nSPS) is 26.7. The lowest BCUT2D eigenvalue weighted by Crippen LogP contribution is -2.62. The summed E-state index contributed by atoms with van der Waals surface area (Å²) in [7, 11) is 1.68. The third-order valence-electron chi connectivity index (χ3n) is 5.03. The van der Waals surface area contributed by atoms with Crippen molar-refractivity contribution >= 4 is 11.9 Å². The molecule has 0 aliphatic carbocycles. The number of rotatable bonds is 9. The summed E-state index contributed by atoms with van der Waals surface area (Å²) in [4.78, 5) is 24.3. The first-order valence-electron chi connectivity index (χ1n) is 9.60. The van der Waals surface area contributed by atoms with Crippen LogP contribution in [0.15, 0.2) is 12.2 Å². The molecule has 1 heterocycles. The van der Waals surface area contributed by atoms with E-state index >= 15 is 0 Å². The molecule has 5 atom stereocenters. The number of carbonyl (C=O) groups excluding carboxylic acids is 2. The van der Waals surface area contributed by atoms with E-state index < -0.39 is 5.60 Å². The number of methoxy groups -OCH3 is 1. The Labute approximate surface area is 158 Å². The molecule has 0 radical (unpaired) electrons. The Kier molecular flexibility index (Phi) is 8.77. The van der Waals surface area contributed by atoms with Crippen LogP contribution in [-0.2, 0) is 19.1 Å². The van der Waals surface area contributed by atoms with Gasteiger partial charge in [-0.25, -0.2) is 0 Å². The molecule has 6 heteroatoms. The minimum Gasteiger partial charge on any atom is -0.462 e. The first-order valence-corrected chi connectivity index (χ1v) is 9.60. The van der Waals surface area contributed by atoms with Crippen LogP contribution in [0.4, 0.5) is 0 Å². The fourth-order valence-electron chi connectivity index (χ4n) is 3.83. The Morgan fingerprint density at radius 3 is 2.50 bits per heavy atom. The fraction of sp³-hybridized carbons (Fsp3) is 0.800. The van der Waals surface area contributed by atoms with Crippen molar-refractivity contribution in [2.45, 2.75) is 90.6 Å². The van der Waals surface area contributed by atoms with E-state index in [1.165, 1.54) is 6.92 Å². The van der Waals surface area contributed by atoms with Gasteiger partial charge in [0.2, 0.25) is 5.91 Å². The van der Waals surface area contributed by atoms with Crippen molar-refractivity contribution in [3.63, 3.8) is 0 Å². The van der Waals surface area contributed by atoms with Gasteiger partial charge in [-0.3, -0.25) is 14.9 Å². The molecule has 1 aliphatic rings. The molecule has 0 aromatic heterocycles. The Hall–Kier alpha value is -1.40. The number of hydrogen-bond donors (Lipinski definition) is 2. The molecule has 0 saturated carbocycles. The molecule has 1 saturated heterocycles. The van der Waals surface area contributed by atoms with Crippen LogP contribution in [-0.4, -0.2) is 48.8 Å². The first-order chi connectivity index (χ1) is 12.2. The molecular formula is C20H36N2O4. The molecule has 6 nitrogen and oxygen atoms in total. The van der Waals surface area contributed by atoms with Gasteiger partial charge in [0.05, 0.1) is 17.7 Å². The monoisotopic (exact) mass is 368 g/mol. The number of esters is 1. The second kappa shape index (κ2) is 10.1. The molecule has 1 unspecified atom stereocenters. The van der Waals surface area contributed by atoms with Crippen LogP contribution in [0.1, 0.15) is 60.8 Å². The van der Waals surface area contributed by atoms with Gasteiger partial charge in [0, 0.05) is 20.1 Å². The van der Waals surface area contributed by atoms with Gasteiger partial charge in [-0.05, 0) is 46.5 Å². The number of amides is 1. The second-order valence-corrected chi connectivity index (χ2v) is 7.60. The van der Waals surface area contributed by atoms with Crippen LogP contribution >= 0.6 is 0 Å². The van der Waals surface area contributed by atoms with Crippen LogP contribution in [0.3, 0.4) is 0 Å². The standard InChI is InChI=1S/C20H36N2O4/c1-8-10-15-12-16(19(24)26-13(3)4)22-17(15)18(21-14(5)23)20(6,25-7)11-9-2/h8,10,13,15-18,22H,9,11-12H2,1-7H3,(H,21,23)/b10-8-/t15?,16-,17-,18-,20+/m1/s1. The SMILES string of the molecule is C/C=C\C1C[C@H](C(=O)OC(C)C)N[C@H]1[C@@H](NC(C)=O)[C@](C)(CCC)OC. The fourth-order valence-corrected chi connectivity index (χ4v) is 3.83. The van der Waals surface area contributed by atoms with Crippen molar-refractivity contribution in [3.8, 4) is 0 Å². The van der Waals surface area contributed by atoms with E-state index in [1.807, 2.05) is 33.8 Å². The third kappa shape index (κ3) is 5.81. The lowest BCUT2D eigenvalue weighted by atomic mass is 9.81. The summed E-state index contributed by atoms with van der Waals surface area (Å²) in [5, 5.41) is 6.49. The van der Waals surface area contributed by atoms with Gasteiger partial charge >= 0.3 is 5.97 Å². The Bertz CT molecular complexity index is 506. The predicted molar refractivity (Wildman–Crippen MR) is 103 cm³/mol. The van der Waals surface area contributed by atoms with Crippen molar-refractivity contribution in [3.05, 3.63) is 12.2 Å². The van der Waals surface area contributed by atoms with Crippen LogP contribution in [0.5, 0.6) is 0 Å².